The molecule has 3 aromatic rings. The molecule has 2 aromatic heterocycles. The van der Waals surface area contributed by atoms with Gasteiger partial charge in [0.15, 0.2) is 0 Å². The summed E-state index contributed by atoms with van der Waals surface area (Å²) in [6.07, 6.45) is 0. The predicted octanol–water partition coefficient (Wildman–Crippen LogP) is 3.45. The number of rotatable bonds is 4. The van der Waals surface area contributed by atoms with Crippen molar-refractivity contribution in [3.05, 3.63) is 41.0 Å². The van der Waals surface area contributed by atoms with Gasteiger partial charge in [-0.3, -0.25) is 9.48 Å². The third kappa shape index (κ3) is 2.96. The number of thiophene rings is 1. The lowest BCUT2D eigenvalue weighted by Gasteiger charge is -2.06. The van der Waals surface area contributed by atoms with Crippen molar-refractivity contribution in [1.82, 2.24) is 9.78 Å². The highest BCUT2D eigenvalue weighted by atomic mass is 32.1. The van der Waals surface area contributed by atoms with E-state index in [-0.39, 0.29) is 5.97 Å². The molecule has 5 nitrogen and oxygen atoms in total. The normalized spacial score (nSPS) is 10.9. The first-order valence-electron chi connectivity index (χ1n) is 6.85. The summed E-state index contributed by atoms with van der Waals surface area (Å²) < 4.78 is 13.8. The van der Waals surface area contributed by atoms with E-state index in [2.05, 4.69) is 5.10 Å². The minimum Gasteiger partial charge on any atom is -0.487 e. The first-order chi connectivity index (χ1) is 10.5. The van der Waals surface area contributed by atoms with E-state index in [1.807, 2.05) is 48.3 Å². The molecule has 0 saturated heterocycles. The highest BCUT2D eigenvalue weighted by Gasteiger charge is 2.09. The van der Waals surface area contributed by atoms with Crippen LogP contribution in [0.15, 0.2) is 29.6 Å². The van der Waals surface area contributed by atoms with Crippen LogP contribution in [0.1, 0.15) is 18.3 Å². The lowest BCUT2D eigenvalue weighted by molar-refractivity contribution is -0.131. The minimum atomic E-state index is -0.313. The smallest absolute Gasteiger partial charge is 0.308 e. The Morgan fingerprint density at radius 1 is 1.36 bits per heavy atom. The van der Waals surface area contributed by atoms with E-state index in [0.29, 0.717) is 12.4 Å². The van der Waals surface area contributed by atoms with Crippen molar-refractivity contribution < 1.29 is 14.3 Å². The highest BCUT2D eigenvalue weighted by Crippen LogP contribution is 2.34. The number of ether oxygens (including phenoxy) is 2. The number of nitrogens with zero attached hydrogens (tertiary/aromatic N) is 2. The Morgan fingerprint density at radius 3 is 2.86 bits per heavy atom. The maximum atomic E-state index is 11.1. The average molecular weight is 316 g/mol. The molecule has 22 heavy (non-hydrogen) atoms. The summed E-state index contributed by atoms with van der Waals surface area (Å²) in [5, 5.41) is 7.05. The van der Waals surface area contributed by atoms with Gasteiger partial charge in [-0.1, -0.05) is 0 Å². The standard InChI is InChI=1S/C16H16N2O3S/c1-10-6-12(18(3)17-10)8-20-13-4-5-14-15(21-11(2)19)9-22-16(14)7-13/h4-7,9H,8H2,1-3H3. The van der Waals surface area contributed by atoms with Gasteiger partial charge in [0.05, 0.1) is 11.4 Å². The topological polar surface area (TPSA) is 53.4 Å². The molecule has 0 amide bonds. The van der Waals surface area contributed by atoms with Gasteiger partial charge >= 0.3 is 5.97 Å². The van der Waals surface area contributed by atoms with Crippen LogP contribution in [0.5, 0.6) is 11.5 Å². The zero-order valence-electron chi connectivity index (χ0n) is 12.6. The summed E-state index contributed by atoms with van der Waals surface area (Å²) in [5.74, 6) is 1.07. The van der Waals surface area contributed by atoms with Crippen molar-refractivity contribution in [3.63, 3.8) is 0 Å². The summed E-state index contributed by atoms with van der Waals surface area (Å²) in [5.41, 5.74) is 1.99. The third-order valence-corrected chi connectivity index (χ3v) is 4.17. The number of carbonyl (C=O) groups is 1. The molecule has 0 bridgehead atoms. The molecule has 0 saturated carbocycles. The summed E-state index contributed by atoms with van der Waals surface area (Å²) in [6, 6.07) is 7.75. The van der Waals surface area contributed by atoms with Crippen LogP contribution in [-0.2, 0) is 18.4 Å². The lowest BCUT2D eigenvalue weighted by atomic mass is 10.2. The van der Waals surface area contributed by atoms with E-state index in [9.17, 15) is 4.79 Å². The van der Waals surface area contributed by atoms with E-state index < -0.39 is 0 Å². The van der Waals surface area contributed by atoms with E-state index >= 15 is 0 Å². The molecule has 0 N–H and O–H groups in total. The van der Waals surface area contributed by atoms with Gasteiger partial charge in [0.25, 0.3) is 0 Å². The Labute approximate surface area is 132 Å². The fourth-order valence-corrected chi connectivity index (χ4v) is 3.15. The van der Waals surface area contributed by atoms with Crippen molar-refractivity contribution in [3.8, 4) is 11.5 Å². The van der Waals surface area contributed by atoms with Crippen LogP contribution in [-0.4, -0.2) is 15.7 Å². The Hall–Kier alpha value is -2.34. The van der Waals surface area contributed by atoms with Crippen LogP contribution in [0.2, 0.25) is 0 Å². The Bertz CT molecular complexity index is 835. The molecular formula is C16H16N2O3S. The summed E-state index contributed by atoms with van der Waals surface area (Å²) in [4.78, 5) is 11.1. The third-order valence-electron chi connectivity index (χ3n) is 3.25. The van der Waals surface area contributed by atoms with Crippen molar-refractivity contribution in [2.24, 2.45) is 7.05 Å². The summed E-state index contributed by atoms with van der Waals surface area (Å²) in [7, 11) is 1.90. The largest absolute Gasteiger partial charge is 0.487 e. The average Bonchev–Trinajstić information content (AvgIpc) is 2.99. The van der Waals surface area contributed by atoms with Crippen LogP contribution in [0.25, 0.3) is 10.1 Å². The van der Waals surface area contributed by atoms with Crippen LogP contribution in [0.3, 0.4) is 0 Å². The maximum absolute atomic E-state index is 11.1. The number of benzene rings is 1. The van der Waals surface area contributed by atoms with Gasteiger partial charge in [0, 0.05) is 29.4 Å². The van der Waals surface area contributed by atoms with Crippen LogP contribution in [0, 0.1) is 6.92 Å². The first-order valence-corrected chi connectivity index (χ1v) is 7.73. The van der Waals surface area contributed by atoms with Gasteiger partial charge in [-0.25, -0.2) is 0 Å². The van der Waals surface area contributed by atoms with Crippen molar-refractivity contribution in [2.45, 2.75) is 20.5 Å². The number of aryl methyl sites for hydroxylation is 2. The number of carbonyl (C=O) groups excluding carboxylic acids is 1. The zero-order chi connectivity index (χ0) is 15.7. The first kappa shape index (κ1) is 14.6. The number of fused-ring (bicyclic) bond motifs is 1. The molecule has 0 atom stereocenters. The molecule has 0 unspecified atom stereocenters. The van der Waals surface area contributed by atoms with Gasteiger partial charge in [-0.2, -0.15) is 5.10 Å². The molecule has 2 heterocycles. The van der Waals surface area contributed by atoms with Gasteiger partial charge in [0.2, 0.25) is 0 Å². The highest BCUT2D eigenvalue weighted by molar-refractivity contribution is 7.17. The number of hydrogen-bond acceptors (Lipinski definition) is 5. The van der Waals surface area contributed by atoms with Crippen LogP contribution in [0.4, 0.5) is 0 Å². The molecular weight excluding hydrogens is 300 g/mol. The van der Waals surface area contributed by atoms with E-state index in [1.165, 1.54) is 18.3 Å². The second kappa shape index (κ2) is 5.81. The fraction of sp³-hybridized carbons (Fsp3) is 0.250. The fourth-order valence-electron chi connectivity index (χ4n) is 2.26. The second-order valence-electron chi connectivity index (χ2n) is 5.04. The van der Waals surface area contributed by atoms with E-state index in [0.717, 1.165) is 27.2 Å². The Morgan fingerprint density at radius 2 is 2.18 bits per heavy atom. The molecule has 0 radical (unpaired) electrons. The molecule has 6 heteroatoms. The second-order valence-corrected chi connectivity index (χ2v) is 5.95. The number of aromatic nitrogens is 2. The van der Waals surface area contributed by atoms with Gasteiger partial charge in [0.1, 0.15) is 18.1 Å². The van der Waals surface area contributed by atoms with Gasteiger partial charge < -0.3 is 9.47 Å². The van der Waals surface area contributed by atoms with Crippen molar-refractivity contribution in [2.75, 3.05) is 0 Å². The molecule has 3 rings (SSSR count). The van der Waals surface area contributed by atoms with Crippen LogP contribution < -0.4 is 9.47 Å². The van der Waals surface area contributed by atoms with E-state index in [4.69, 9.17) is 9.47 Å². The minimum absolute atomic E-state index is 0.313. The quantitative estimate of drug-likeness (QED) is 0.692. The van der Waals surface area contributed by atoms with Crippen LogP contribution >= 0.6 is 11.3 Å². The van der Waals surface area contributed by atoms with E-state index in [1.54, 1.807) is 0 Å². The predicted molar refractivity (Wildman–Crippen MR) is 85.4 cm³/mol. The molecule has 1 aromatic carbocycles. The zero-order valence-corrected chi connectivity index (χ0v) is 13.4. The van der Waals surface area contributed by atoms with Gasteiger partial charge in [-0.15, -0.1) is 11.3 Å². The molecule has 0 aliphatic carbocycles. The van der Waals surface area contributed by atoms with Crippen molar-refractivity contribution >= 4 is 27.4 Å². The molecule has 0 fully saturated rings. The SMILES string of the molecule is CC(=O)Oc1csc2cc(OCc3cc(C)nn3C)ccc12. The Balaban J connectivity index is 1.78. The summed E-state index contributed by atoms with van der Waals surface area (Å²) in [6.45, 7) is 3.82. The molecule has 114 valence electrons. The maximum Gasteiger partial charge on any atom is 0.308 e. The number of hydrogen-bond donors (Lipinski definition) is 0. The summed E-state index contributed by atoms with van der Waals surface area (Å²) >= 11 is 1.52. The number of esters is 1. The Kier molecular flexibility index (Phi) is 3.85. The lowest BCUT2D eigenvalue weighted by Crippen LogP contribution is -2.03. The van der Waals surface area contributed by atoms with Gasteiger partial charge in [-0.05, 0) is 31.2 Å². The molecule has 0 spiro atoms. The molecule has 0 aliphatic heterocycles. The monoisotopic (exact) mass is 316 g/mol. The molecule has 0 aliphatic rings. The van der Waals surface area contributed by atoms with Crippen molar-refractivity contribution in [1.29, 1.82) is 0 Å².